The summed E-state index contributed by atoms with van der Waals surface area (Å²) >= 11 is 1.47. The number of hydrogen-bond donors (Lipinski definition) is 2. The predicted molar refractivity (Wildman–Crippen MR) is 64.2 cm³/mol. The van der Waals surface area contributed by atoms with Crippen molar-refractivity contribution in [3.63, 3.8) is 0 Å². The number of hydrogen-bond acceptors (Lipinski definition) is 5. The van der Waals surface area contributed by atoms with E-state index in [1.807, 2.05) is 6.92 Å². The smallest absolute Gasteiger partial charge is 0.244 e. The van der Waals surface area contributed by atoms with E-state index in [-0.39, 0.29) is 10.9 Å². The molecule has 2 aromatic heterocycles. The molecule has 0 spiro atoms. The first-order chi connectivity index (χ1) is 7.99. The lowest BCUT2D eigenvalue weighted by Crippen LogP contribution is -2.26. The second-order valence-corrected chi connectivity index (χ2v) is 6.57. The van der Waals surface area contributed by atoms with Crippen LogP contribution in [0.25, 0.3) is 0 Å². The average molecular weight is 272 g/mol. The van der Waals surface area contributed by atoms with Gasteiger partial charge in [-0.15, -0.1) is 11.3 Å². The van der Waals surface area contributed by atoms with Crippen molar-refractivity contribution in [3.05, 3.63) is 28.5 Å². The van der Waals surface area contributed by atoms with Crippen LogP contribution in [0, 0.1) is 6.92 Å². The van der Waals surface area contributed by atoms with Crippen LogP contribution in [-0.2, 0) is 10.0 Å². The molecule has 17 heavy (non-hydrogen) atoms. The van der Waals surface area contributed by atoms with Crippen LogP contribution in [0.1, 0.15) is 22.9 Å². The number of nitrogens with zero attached hydrogens (tertiary/aromatic N) is 2. The molecule has 0 aliphatic carbocycles. The maximum absolute atomic E-state index is 11.9. The highest BCUT2D eigenvalue weighted by atomic mass is 32.2. The van der Waals surface area contributed by atoms with Crippen molar-refractivity contribution in [1.29, 1.82) is 0 Å². The summed E-state index contributed by atoms with van der Waals surface area (Å²) in [4.78, 5) is 5.32. The van der Waals surface area contributed by atoms with Gasteiger partial charge in [0.05, 0.1) is 12.2 Å². The standard InChI is InChI=1S/C9H12N4O2S2/c1-6-3-10-9(16-6)7(2)13-17(14,15)8-4-11-12-5-8/h3-5,7,13H,1-2H3,(H,11,12). The van der Waals surface area contributed by atoms with Gasteiger partial charge in [-0.1, -0.05) is 0 Å². The van der Waals surface area contributed by atoms with Crippen LogP contribution in [0.4, 0.5) is 0 Å². The lowest BCUT2D eigenvalue weighted by atomic mass is 10.4. The molecule has 0 amide bonds. The van der Waals surface area contributed by atoms with Gasteiger partial charge in [0.15, 0.2) is 0 Å². The molecule has 2 heterocycles. The summed E-state index contributed by atoms with van der Waals surface area (Å²) in [5, 5.41) is 6.83. The first kappa shape index (κ1) is 12.2. The van der Waals surface area contributed by atoms with Crippen molar-refractivity contribution in [3.8, 4) is 0 Å². The molecule has 1 atom stereocenters. The Morgan fingerprint density at radius 1 is 1.47 bits per heavy atom. The van der Waals surface area contributed by atoms with Crippen molar-refractivity contribution in [2.75, 3.05) is 0 Å². The molecular formula is C9H12N4O2S2. The Morgan fingerprint density at radius 2 is 2.24 bits per heavy atom. The van der Waals surface area contributed by atoms with Gasteiger partial charge < -0.3 is 0 Å². The highest BCUT2D eigenvalue weighted by Crippen LogP contribution is 2.20. The fourth-order valence-electron chi connectivity index (χ4n) is 1.31. The summed E-state index contributed by atoms with van der Waals surface area (Å²) < 4.78 is 26.3. The van der Waals surface area contributed by atoms with Gasteiger partial charge in [-0.2, -0.15) is 5.10 Å². The Bertz CT molecular complexity index is 588. The van der Waals surface area contributed by atoms with Crippen molar-refractivity contribution < 1.29 is 8.42 Å². The van der Waals surface area contributed by atoms with Gasteiger partial charge in [0.2, 0.25) is 10.0 Å². The first-order valence-corrected chi connectivity index (χ1v) is 7.22. The molecular weight excluding hydrogens is 260 g/mol. The van der Waals surface area contributed by atoms with Gasteiger partial charge in [0.1, 0.15) is 9.90 Å². The predicted octanol–water partition coefficient (Wildman–Crippen LogP) is 1.21. The fourth-order valence-corrected chi connectivity index (χ4v) is 3.27. The zero-order valence-corrected chi connectivity index (χ0v) is 11.0. The first-order valence-electron chi connectivity index (χ1n) is 4.92. The van der Waals surface area contributed by atoms with Crippen LogP contribution >= 0.6 is 11.3 Å². The minimum Gasteiger partial charge on any atom is -0.284 e. The molecule has 0 aromatic carbocycles. The Balaban J connectivity index is 2.17. The maximum atomic E-state index is 11.9. The molecule has 2 rings (SSSR count). The van der Waals surface area contributed by atoms with E-state index in [0.717, 1.165) is 9.88 Å². The van der Waals surface area contributed by atoms with E-state index in [4.69, 9.17) is 0 Å². The van der Waals surface area contributed by atoms with E-state index >= 15 is 0 Å². The molecule has 2 aromatic rings. The van der Waals surface area contributed by atoms with E-state index in [2.05, 4.69) is 19.9 Å². The van der Waals surface area contributed by atoms with Crippen LogP contribution in [0.5, 0.6) is 0 Å². The zero-order valence-electron chi connectivity index (χ0n) is 9.34. The normalized spacial score (nSPS) is 13.8. The lowest BCUT2D eigenvalue weighted by molar-refractivity contribution is 0.566. The molecule has 1 unspecified atom stereocenters. The Labute approximate surface area is 103 Å². The molecule has 6 nitrogen and oxygen atoms in total. The summed E-state index contributed by atoms with van der Waals surface area (Å²) in [6.45, 7) is 3.69. The van der Waals surface area contributed by atoms with Crippen molar-refractivity contribution >= 4 is 21.4 Å². The van der Waals surface area contributed by atoms with Crippen LogP contribution in [0.3, 0.4) is 0 Å². The van der Waals surface area contributed by atoms with E-state index in [9.17, 15) is 8.42 Å². The van der Waals surface area contributed by atoms with Crippen LogP contribution < -0.4 is 4.72 Å². The number of rotatable bonds is 4. The minimum absolute atomic E-state index is 0.123. The second kappa shape index (κ2) is 4.55. The molecule has 92 valence electrons. The van der Waals surface area contributed by atoms with E-state index in [1.165, 1.54) is 23.7 Å². The largest absolute Gasteiger partial charge is 0.284 e. The molecule has 0 saturated carbocycles. The number of aromatic amines is 1. The summed E-state index contributed by atoms with van der Waals surface area (Å²) in [6.07, 6.45) is 4.33. The molecule has 0 bridgehead atoms. The minimum atomic E-state index is -3.53. The highest BCUT2D eigenvalue weighted by molar-refractivity contribution is 7.89. The van der Waals surface area contributed by atoms with Gasteiger partial charge >= 0.3 is 0 Å². The second-order valence-electron chi connectivity index (χ2n) is 3.59. The monoisotopic (exact) mass is 272 g/mol. The Kier molecular flexibility index (Phi) is 3.27. The van der Waals surface area contributed by atoms with Crippen molar-refractivity contribution in [2.45, 2.75) is 24.8 Å². The summed E-state index contributed by atoms with van der Waals surface area (Å²) in [7, 11) is -3.53. The highest BCUT2D eigenvalue weighted by Gasteiger charge is 2.20. The average Bonchev–Trinajstić information content (AvgIpc) is 2.86. The van der Waals surface area contributed by atoms with E-state index in [0.29, 0.717) is 0 Å². The topological polar surface area (TPSA) is 87.7 Å². The lowest BCUT2D eigenvalue weighted by Gasteiger charge is -2.10. The third kappa shape index (κ3) is 2.71. The third-order valence-corrected chi connectivity index (χ3v) is 4.73. The zero-order chi connectivity index (χ0) is 12.5. The fraction of sp³-hybridized carbons (Fsp3) is 0.333. The Hall–Kier alpha value is -1.25. The Morgan fingerprint density at radius 3 is 2.76 bits per heavy atom. The van der Waals surface area contributed by atoms with Crippen molar-refractivity contribution in [2.24, 2.45) is 0 Å². The number of nitrogens with one attached hydrogen (secondary N) is 2. The molecule has 8 heteroatoms. The number of aryl methyl sites for hydroxylation is 1. The molecule has 0 aliphatic rings. The van der Waals surface area contributed by atoms with Gasteiger partial charge in [-0.25, -0.2) is 18.1 Å². The third-order valence-electron chi connectivity index (χ3n) is 2.12. The summed E-state index contributed by atoms with van der Waals surface area (Å²) in [5.41, 5.74) is 0. The molecule has 0 aliphatic heterocycles. The summed E-state index contributed by atoms with van der Waals surface area (Å²) in [5.74, 6) is 0. The van der Waals surface area contributed by atoms with Gasteiger partial charge in [-0.3, -0.25) is 5.10 Å². The van der Waals surface area contributed by atoms with Crippen LogP contribution in [0.15, 0.2) is 23.5 Å². The molecule has 0 fully saturated rings. The van der Waals surface area contributed by atoms with Gasteiger partial charge in [0.25, 0.3) is 0 Å². The number of thiazole rings is 1. The molecule has 0 radical (unpaired) electrons. The SMILES string of the molecule is Cc1cnc(C(C)NS(=O)(=O)c2cn[nH]c2)s1. The molecule has 0 saturated heterocycles. The number of H-pyrrole nitrogens is 1. The van der Waals surface area contributed by atoms with E-state index < -0.39 is 10.0 Å². The quantitative estimate of drug-likeness (QED) is 0.875. The summed E-state index contributed by atoms with van der Waals surface area (Å²) in [6, 6.07) is -0.353. The molecule has 2 N–H and O–H groups in total. The maximum Gasteiger partial charge on any atom is 0.244 e. The van der Waals surface area contributed by atoms with E-state index in [1.54, 1.807) is 13.1 Å². The van der Waals surface area contributed by atoms with Gasteiger partial charge in [-0.05, 0) is 13.8 Å². The number of aromatic nitrogens is 3. The van der Waals surface area contributed by atoms with Gasteiger partial charge in [0, 0.05) is 17.3 Å². The van der Waals surface area contributed by atoms with Crippen molar-refractivity contribution in [1.82, 2.24) is 19.9 Å². The van der Waals surface area contributed by atoms with Crippen LogP contribution in [0.2, 0.25) is 0 Å². The number of sulfonamides is 1. The van der Waals surface area contributed by atoms with Crippen LogP contribution in [-0.4, -0.2) is 23.6 Å².